The molecule has 0 heterocycles. The number of ether oxygens (including phenoxy) is 4. The maximum Gasteiger partial charge on any atom is 0.326 e. The van der Waals surface area contributed by atoms with Gasteiger partial charge in [0.05, 0.1) is 45.6 Å². The standard InChI is InChI=1S/C42H76N4O14.3C2H6S2.4H2/c1-34(41(53)54)18-16-17-23-43-38(49)32-59-30-29-58-27-25-45-39(50)33-60-31-28-57-26-24-44-36(47)22-21-35(42(55)56)46-37(48)19-14-12-10-8-6-4-2-3-5-7-9-11-13-15-20-40(51)52;3*1-3-4-2;;;;/h34-35H,2-33H2,1H3,(H,43,49)(H,44,47)(H,45,50)(H,46,48)(H,51,52)(H,53,54)(H,55,56);3*1-2H3;4*1H/t34-,35-;;;;;;;/m0......./s1. The highest BCUT2D eigenvalue weighted by atomic mass is 33.1. The van der Waals surface area contributed by atoms with Gasteiger partial charge in [0, 0.05) is 44.6 Å². The molecule has 0 bridgehead atoms. The number of hydrogen-bond donors (Lipinski definition) is 7. The minimum atomic E-state index is -1.19. The maximum absolute atomic E-state index is 12.3. The second-order valence-electron chi connectivity index (χ2n) is 16.0. The van der Waals surface area contributed by atoms with Crippen LogP contribution in [0.3, 0.4) is 0 Å². The highest BCUT2D eigenvalue weighted by molar-refractivity contribution is 8.76. The second-order valence-corrected chi connectivity index (χ2v) is 24.0. The third-order valence-electron chi connectivity index (χ3n) is 9.99. The molecule has 0 aliphatic rings. The molecule has 0 saturated carbocycles. The van der Waals surface area contributed by atoms with E-state index < -0.39 is 29.9 Å². The van der Waals surface area contributed by atoms with Crippen LogP contribution in [-0.4, -0.2) is 173 Å². The molecule has 0 aromatic heterocycles. The van der Waals surface area contributed by atoms with E-state index in [0.717, 1.165) is 38.5 Å². The van der Waals surface area contributed by atoms with Crippen LogP contribution < -0.4 is 21.3 Å². The van der Waals surface area contributed by atoms with Crippen LogP contribution >= 0.6 is 64.8 Å². The van der Waals surface area contributed by atoms with E-state index in [9.17, 15) is 38.7 Å². The summed E-state index contributed by atoms with van der Waals surface area (Å²) >= 11 is 0. The van der Waals surface area contributed by atoms with Gasteiger partial charge in [-0.2, -0.15) is 0 Å². The summed E-state index contributed by atoms with van der Waals surface area (Å²) in [6, 6.07) is -1.14. The summed E-state index contributed by atoms with van der Waals surface area (Å²) in [7, 11) is 10.6. The number of amides is 4. The van der Waals surface area contributed by atoms with E-state index >= 15 is 0 Å². The van der Waals surface area contributed by atoms with Crippen molar-refractivity contribution in [3.8, 4) is 0 Å². The molecule has 7 N–H and O–H groups in total. The molecule has 2 atom stereocenters. The van der Waals surface area contributed by atoms with Crippen molar-refractivity contribution in [1.29, 1.82) is 0 Å². The van der Waals surface area contributed by atoms with Crippen molar-refractivity contribution in [2.75, 3.05) is 110 Å². The highest BCUT2D eigenvalue weighted by Gasteiger charge is 2.21. The number of aliphatic carboxylic acids is 3. The van der Waals surface area contributed by atoms with Crippen LogP contribution in [0, 0.1) is 5.92 Å². The number of hydrogen-bond acceptors (Lipinski definition) is 17. The lowest BCUT2D eigenvalue weighted by atomic mass is 10.0. The Bertz CT molecular complexity index is 1310. The fourth-order valence-corrected chi connectivity index (χ4v) is 5.89. The Labute approximate surface area is 462 Å². The van der Waals surface area contributed by atoms with Gasteiger partial charge in [0.1, 0.15) is 19.3 Å². The first kappa shape index (κ1) is 76.7. The molecule has 18 nitrogen and oxygen atoms in total. The van der Waals surface area contributed by atoms with Gasteiger partial charge in [-0.05, 0) is 69.6 Å². The molecule has 0 aliphatic carbocycles. The summed E-state index contributed by atoms with van der Waals surface area (Å²) in [5, 5.41) is 37.5. The summed E-state index contributed by atoms with van der Waals surface area (Å²) < 4.78 is 21.3. The van der Waals surface area contributed by atoms with Gasteiger partial charge in [0.2, 0.25) is 23.6 Å². The summed E-state index contributed by atoms with van der Waals surface area (Å²) in [4.78, 5) is 81.1. The lowest BCUT2D eigenvalue weighted by Crippen LogP contribution is -2.41. The normalized spacial score (nSPS) is 11.3. The zero-order valence-electron chi connectivity index (χ0n) is 44.6. The van der Waals surface area contributed by atoms with Gasteiger partial charge in [-0.15, -0.1) is 0 Å². The summed E-state index contributed by atoms with van der Waals surface area (Å²) in [6.45, 7) is 3.59. The largest absolute Gasteiger partial charge is 0.481 e. The molecular weight excluding hydrogens is 1050 g/mol. The molecule has 4 amide bonds. The van der Waals surface area contributed by atoms with E-state index in [1.54, 1.807) is 71.7 Å². The molecule has 0 aliphatic heterocycles. The average Bonchev–Trinajstić information content (AvgIpc) is 3.36. The topological polar surface area (TPSA) is 265 Å². The van der Waals surface area contributed by atoms with Crippen LogP contribution in [0.4, 0.5) is 0 Å². The van der Waals surface area contributed by atoms with Crippen LogP contribution in [0.1, 0.15) is 147 Å². The van der Waals surface area contributed by atoms with E-state index in [1.807, 2.05) is 0 Å². The monoisotopic (exact) mass is 1150 g/mol. The molecule has 0 saturated heterocycles. The molecule has 0 spiro atoms. The fraction of sp³-hybridized carbons (Fsp3) is 0.854. The van der Waals surface area contributed by atoms with Crippen molar-refractivity contribution in [2.45, 2.75) is 148 Å². The molecule has 72 heavy (non-hydrogen) atoms. The van der Waals surface area contributed by atoms with Gasteiger partial charge >= 0.3 is 17.9 Å². The molecule has 0 aromatic carbocycles. The summed E-state index contributed by atoms with van der Waals surface area (Å²) in [5.41, 5.74) is 0. The lowest BCUT2D eigenvalue weighted by Gasteiger charge is -2.14. The first-order valence-corrected chi connectivity index (χ1v) is 33.8. The predicted molar refractivity (Wildman–Crippen MR) is 313 cm³/mol. The Hall–Kier alpha value is -1.77. The Balaban J connectivity index is -0.000000432. The summed E-state index contributed by atoms with van der Waals surface area (Å²) in [6.07, 6.45) is 29.8. The number of carbonyl (C=O) groups excluding carboxylic acids is 4. The van der Waals surface area contributed by atoms with Gasteiger partial charge in [-0.1, -0.05) is 155 Å². The van der Waals surface area contributed by atoms with E-state index in [2.05, 4.69) is 58.8 Å². The van der Waals surface area contributed by atoms with Crippen LogP contribution in [0.15, 0.2) is 0 Å². The van der Waals surface area contributed by atoms with E-state index in [-0.39, 0.29) is 121 Å². The highest BCUT2D eigenvalue weighted by Crippen LogP contribution is 2.14. The van der Waals surface area contributed by atoms with Gasteiger partial charge in [0.25, 0.3) is 0 Å². The molecule has 0 unspecified atom stereocenters. The van der Waals surface area contributed by atoms with Gasteiger partial charge in [-0.25, -0.2) is 4.79 Å². The van der Waals surface area contributed by atoms with Crippen molar-refractivity contribution >= 4 is 106 Å². The zero-order valence-corrected chi connectivity index (χ0v) is 49.5. The van der Waals surface area contributed by atoms with Gasteiger partial charge in [0.15, 0.2) is 0 Å². The van der Waals surface area contributed by atoms with Crippen LogP contribution in [0.5, 0.6) is 0 Å². The number of rotatable bonds is 47. The molecule has 0 rings (SSSR count). The van der Waals surface area contributed by atoms with Crippen LogP contribution in [-0.2, 0) is 52.5 Å². The molecule has 24 heteroatoms. The van der Waals surface area contributed by atoms with Crippen molar-refractivity contribution in [3.05, 3.63) is 0 Å². The number of carboxylic acids is 3. The van der Waals surface area contributed by atoms with Gasteiger partial charge < -0.3 is 55.5 Å². The zero-order chi connectivity index (χ0) is 54.7. The Kier molecular flexibility index (Phi) is 67.7. The Morgan fingerprint density at radius 2 is 0.778 bits per heavy atom. The second kappa shape index (κ2) is 63.5. The lowest BCUT2D eigenvalue weighted by molar-refractivity contribution is -0.142. The SMILES string of the molecule is CSSC.CSSC.CSSC.C[C@@H](CCCCNC(=O)COCCOCCNC(=O)COCCOCCNC(=O)CC[C@H](NC(=O)CCCCCCCCCCCCCCCCC(=O)O)C(=O)O)C(=O)O.[HH].[HH].[HH].[HH]. The van der Waals surface area contributed by atoms with Crippen molar-refractivity contribution in [2.24, 2.45) is 5.92 Å². The summed E-state index contributed by atoms with van der Waals surface area (Å²) in [5.74, 6) is -4.39. The molecule has 434 valence electrons. The molecule has 0 aromatic rings. The minimum Gasteiger partial charge on any atom is -0.481 e. The predicted octanol–water partition coefficient (Wildman–Crippen LogP) is 9.83. The average molecular weight is 1150 g/mol. The first-order valence-electron chi connectivity index (χ1n) is 24.9. The number of carbonyl (C=O) groups is 7. The van der Waals surface area contributed by atoms with Crippen LogP contribution in [0.2, 0.25) is 0 Å². The minimum absolute atomic E-state index is 0. The van der Waals surface area contributed by atoms with Crippen LogP contribution in [0.25, 0.3) is 0 Å². The van der Waals surface area contributed by atoms with Gasteiger partial charge in [-0.3, -0.25) is 28.8 Å². The van der Waals surface area contributed by atoms with Crippen molar-refractivity contribution in [1.82, 2.24) is 21.3 Å². The number of unbranched alkanes of at least 4 members (excludes halogenated alkanes) is 14. The van der Waals surface area contributed by atoms with Crippen molar-refractivity contribution < 1.29 is 73.5 Å². The Morgan fingerprint density at radius 3 is 1.17 bits per heavy atom. The van der Waals surface area contributed by atoms with Crippen molar-refractivity contribution in [3.63, 3.8) is 0 Å². The molecule has 0 fully saturated rings. The maximum atomic E-state index is 12.3. The molecule has 0 radical (unpaired) electrons. The fourth-order valence-electron chi connectivity index (χ4n) is 5.89. The Morgan fingerprint density at radius 1 is 0.403 bits per heavy atom. The first-order chi connectivity index (χ1) is 34.7. The third kappa shape index (κ3) is 68.2. The van der Waals surface area contributed by atoms with E-state index in [0.29, 0.717) is 32.2 Å². The quantitative estimate of drug-likeness (QED) is 0.0221. The number of nitrogens with one attached hydrogen (secondary N) is 4. The number of carboxylic acid groups (broad SMARTS) is 3. The van der Waals surface area contributed by atoms with E-state index in [1.165, 1.54) is 44.9 Å². The molecular formula is C48H102N4O14S6. The van der Waals surface area contributed by atoms with E-state index in [4.69, 9.17) is 29.2 Å². The third-order valence-corrected chi connectivity index (χ3v) is 14.0. The smallest absolute Gasteiger partial charge is 0.326 e.